The average Bonchev–Trinajstić information content (AvgIpc) is 2.77. The van der Waals surface area contributed by atoms with E-state index in [1.807, 2.05) is 23.8 Å². The molecule has 0 bridgehead atoms. The van der Waals surface area contributed by atoms with Gasteiger partial charge in [-0.1, -0.05) is 12.1 Å². The molecule has 1 aromatic heterocycles. The molecule has 1 N–H and O–H groups in total. The molecule has 16 heavy (non-hydrogen) atoms. The quantitative estimate of drug-likeness (QED) is 0.856. The molecule has 0 aliphatic heterocycles. The molecule has 0 radical (unpaired) electrons. The third-order valence-electron chi connectivity index (χ3n) is 2.42. The Hall–Kier alpha value is -2.10. The fourth-order valence-corrected chi connectivity index (χ4v) is 1.62. The van der Waals surface area contributed by atoms with E-state index < -0.39 is 5.97 Å². The molecule has 4 nitrogen and oxygen atoms in total. The highest BCUT2D eigenvalue weighted by atomic mass is 16.4. The molecule has 0 spiro atoms. The first kappa shape index (κ1) is 10.4. The first-order chi connectivity index (χ1) is 7.72. The molecule has 2 aromatic rings. The lowest BCUT2D eigenvalue weighted by Gasteiger charge is -2.05. The van der Waals surface area contributed by atoms with Gasteiger partial charge in [-0.25, -0.2) is 9.78 Å². The van der Waals surface area contributed by atoms with E-state index in [2.05, 4.69) is 4.98 Å². The fourth-order valence-electron chi connectivity index (χ4n) is 1.62. The lowest BCUT2D eigenvalue weighted by Crippen LogP contribution is -1.99. The van der Waals surface area contributed by atoms with Gasteiger partial charge in [0.15, 0.2) is 0 Å². The van der Waals surface area contributed by atoms with Crippen molar-refractivity contribution in [3.63, 3.8) is 0 Å². The Morgan fingerprint density at radius 2 is 2.31 bits per heavy atom. The van der Waals surface area contributed by atoms with Gasteiger partial charge in [-0.2, -0.15) is 0 Å². The van der Waals surface area contributed by atoms with Gasteiger partial charge in [0.1, 0.15) is 5.82 Å². The fraction of sp³-hybridized carbons (Fsp3) is 0.167. The molecule has 0 aliphatic rings. The van der Waals surface area contributed by atoms with Gasteiger partial charge in [0.2, 0.25) is 0 Å². The summed E-state index contributed by atoms with van der Waals surface area (Å²) in [5.74, 6) is -0.123. The van der Waals surface area contributed by atoms with Crippen LogP contribution in [0.4, 0.5) is 0 Å². The first-order valence-electron chi connectivity index (χ1n) is 5.07. The van der Waals surface area contributed by atoms with Crippen molar-refractivity contribution < 1.29 is 9.90 Å². The first-order valence-corrected chi connectivity index (χ1v) is 5.07. The van der Waals surface area contributed by atoms with E-state index in [1.165, 1.54) is 0 Å². The van der Waals surface area contributed by atoms with Gasteiger partial charge in [0, 0.05) is 24.5 Å². The number of imidazole rings is 1. The van der Waals surface area contributed by atoms with Crippen molar-refractivity contribution in [3.05, 3.63) is 42.2 Å². The minimum Gasteiger partial charge on any atom is -0.478 e. The lowest BCUT2D eigenvalue weighted by molar-refractivity contribution is 0.0697. The van der Waals surface area contributed by atoms with Crippen molar-refractivity contribution in [3.8, 4) is 11.4 Å². The van der Waals surface area contributed by atoms with Crippen molar-refractivity contribution in [2.75, 3.05) is 0 Å². The number of aromatic carboxylic acids is 1. The van der Waals surface area contributed by atoms with Crippen LogP contribution in [0, 0.1) is 0 Å². The summed E-state index contributed by atoms with van der Waals surface area (Å²) in [4.78, 5) is 15.1. The molecule has 82 valence electrons. The van der Waals surface area contributed by atoms with Crippen molar-refractivity contribution >= 4 is 5.97 Å². The Kier molecular flexibility index (Phi) is 2.72. The molecule has 2 rings (SSSR count). The molecule has 1 heterocycles. The van der Waals surface area contributed by atoms with Gasteiger partial charge in [0.25, 0.3) is 0 Å². The van der Waals surface area contributed by atoms with Gasteiger partial charge in [0.05, 0.1) is 5.56 Å². The zero-order valence-corrected chi connectivity index (χ0v) is 8.92. The third kappa shape index (κ3) is 1.82. The molecule has 0 saturated heterocycles. The van der Waals surface area contributed by atoms with Crippen molar-refractivity contribution in [1.29, 1.82) is 0 Å². The molecule has 0 unspecified atom stereocenters. The van der Waals surface area contributed by atoms with E-state index >= 15 is 0 Å². The molecule has 1 aromatic carbocycles. The van der Waals surface area contributed by atoms with Crippen LogP contribution in [0.1, 0.15) is 17.3 Å². The second-order valence-electron chi connectivity index (χ2n) is 3.42. The smallest absolute Gasteiger partial charge is 0.335 e. The van der Waals surface area contributed by atoms with E-state index in [4.69, 9.17) is 5.11 Å². The maximum atomic E-state index is 10.8. The monoisotopic (exact) mass is 216 g/mol. The average molecular weight is 216 g/mol. The number of benzene rings is 1. The number of carbonyl (C=O) groups is 1. The molecule has 0 aliphatic carbocycles. The number of hydrogen-bond acceptors (Lipinski definition) is 2. The number of carboxylic acids is 1. The standard InChI is InChI=1S/C12H12N2O2/c1-2-14-7-6-13-11(14)9-4-3-5-10(8-9)12(15)16/h3-8H,2H2,1H3,(H,15,16). The number of aromatic nitrogens is 2. The van der Waals surface area contributed by atoms with E-state index in [0.717, 1.165) is 17.9 Å². The van der Waals surface area contributed by atoms with Gasteiger partial charge in [-0.05, 0) is 19.1 Å². The summed E-state index contributed by atoms with van der Waals surface area (Å²) in [6.07, 6.45) is 3.59. The van der Waals surface area contributed by atoms with E-state index in [1.54, 1.807) is 24.4 Å². The highest BCUT2D eigenvalue weighted by Gasteiger charge is 2.08. The van der Waals surface area contributed by atoms with E-state index in [9.17, 15) is 4.79 Å². The van der Waals surface area contributed by atoms with Gasteiger partial charge in [-0.15, -0.1) is 0 Å². The maximum Gasteiger partial charge on any atom is 0.335 e. The Labute approximate surface area is 93.2 Å². The predicted octanol–water partition coefficient (Wildman–Crippen LogP) is 2.27. The molecular weight excluding hydrogens is 204 g/mol. The normalized spacial score (nSPS) is 10.3. The predicted molar refractivity (Wildman–Crippen MR) is 60.3 cm³/mol. The SMILES string of the molecule is CCn1ccnc1-c1cccc(C(=O)O)c1. The molecule has 4 heteroatoms. The van der Waals surface area contributed by atoms with Crippen LogP contribution in [0.3, 0.4) is 0 Å². The number of hydrogen-bond donors (Lipinski definition) is 1. The van der Waals surface area contributed by atoms with E-state index in [-0.39, 0.29) is 5.56 Å². The van der Waals surface area contributed by atoms with Crippen LogP contribution in [-0.4, -0.2) is 20.6 Å². The second kappa shape index (κ2) is 4.18. The Morgan fingerprint density at radius 1 is 1.50 bits per heavy atom. The van der Waals surface area contributed by atoms with Crippen LogP contribution in [0.5, 0.6) is 0 Å². The Morgan fingerprint density at radius 3 is 3.00 bits per heavy atom. The zero-order chi connectivity index (χ0) is 11.5. The summed E-state index contributed by atoms with van der Waals surface area (Å²) in [6, 6.07) is 6.80. The Bertz CT molecular complexity index is 517. The number of nitrogens with zero attached hydrogens (tertiary/aromatic N) is 2. The number of carboxylic acid groups (broad SMARTS) is 1. The van der Waals surface area contributed by atoms with Gasteiger partial charge >= 0.3 is 5.97 Å². The molecule has 0 atom stereocenters. The third-order valence-corrected chi connectivity index (χ3v) is 2.42. The maximum absolute atomic E-state index is 10.8. The second-order valence-corrected chi connectivity index (χ2v) is 3.42. The number of rotatable bonds is 3. The van der Waals surface area contributed by atoms with Crippen LogP contribution in [0.2, 0.25) is 0 Å². The van der Waals surface area contributed by atoms with Crippen molar-refractivity contribution in [1.82, 2.24) is 9.55 Å². The van der Waals surface area contributed by atoms with E-state index in [0.29, 0.717) is 0 Å². The zero-order valence-electron chi connectivity index (χ0n) is 8.92. The molecule has 0 amide bonds. The highest BCUT2D eigenvalue weighted by molar-refractivity contribution is 5.89. The number of aryl methyl sites for hydroxylation is 1. The Balaban J connectivity index is 2.48. The van der Waals surface area contributed by atoms with Crippen molar-refractivity contribution in [2.24, 2.45) is 0 Å². The van der Waals surface area contributed by atoms with Crippen LogP contribution in [0.25, 0.3) is 11.4 Å². The minimum absolute atomic E-state index is 0.281. The summed E-state index contributed by atoms with van der Waals surface area (Å²) in [5.41, 5.74) is 1.11. The summed E-state index contributed by atoms with van der Waals surface area (Å²) in [5, 5.41) is 8.91. The van der Waals surface area contributed by atoms with Crippen molar-refractivity contribution in [2.45, 2.75) is 13.5 Å². The van der Waals surface area contributed by atoms with Gasteiger partial charge in [-0.3, -0.25) is 0 Å². The largest absolute Gasteiger partial charge is 0.478 e. The van der Waals surface area contributed by atoms with Gasteiger partial charge < -0.3 is 9.67 Å². The highest BCUT2D eigenvalue weighted by Crippen LogP contribution is 2.18. The molecule has 0 fully saturated rings. The van der Waals surface area contributed by atoms with Crippen LogP contribution < -0.4 is 0 Å². The van der Waals surface area contributed by atoms with Crippen LogP contribution in [-0.2, 0) is 6.54 Å². The summed E-state index contributed by atoms with van der Waals surface area (Å²) >= 11 is 0. The molecule has 0 saturated carbocycles. The lowest BCUT2D eigenvalue weighted by atomic mass is 10.1. The summed E-state index contributed by atoms with van der Waals surface area (Å²) in [6.45, 7) is 2.83. The van der Waals surface area contributed by atoms with Crippen LogP contribution >= 0.6 is 0 Å². The molecular formula is C12H12N2O2. The minimum atomic E-state index is -0.920. The summed E-state index contributed by atoms with van der Waals surface area (Å²) in [7, 11) is 0. The van der Waals surface area contributed by atoms with Crippen LogP contribution in [0.15, 0.2) is 36.7 Å². The topological polar surface area (TPSA) is 55.1 Å². The summed E-state index contributed by atoms with van der Waals surface area (Å²) < 4.78 is 1.97.